The second kappa shape index (κ2) is 15.1. The van der Waals surface area contributed by atoms with Crippen LogP contribution < -0.4 is 9.47 Å². The highest BCUT2D eigenvalue weighted by Gasteiger charge is 2.24. The average molecular weight is 543 g/mol. The fourth-order valence-electron chi connectivity index (χ4n) is 4.23. The predicted octanol–water partition coefficient (Wildman–Crippen LogP) is 4.88. The van der Waals surface area contributed by atoms with Crippen molar-refractivity contribution < 1.29 is 33.7 Å². The lowest BCUT2D eigenvalue weighted by molar-refractivity contribution is -0.893. The van der Waals surface area contributed by atoms with Gasteiger partial charge in [-0.3, -0.25) is 0 Å². The molecule has 2 rings (SSSR count). The topological polar surface area (TPSA) is 85.2 Å². The summed E-state index contributed by atoms with van der Waals surface area (Å²) in [4.78, 5) is 11.6. The van der Waals surface area contributed by atoms with Crippen LogP contribution in [0.25, 0.3) is 0 Å². The molecule has 0 fully saturated rings. The summed E-state index contributed by atoms with van der Waals surface area (Å²) in [6.07, 6.45) is 1.45. The van der Waals surface area contributed by atoms with E-state index in [-0.39, 0.29) is 24.7 Å². The predicted molar refractivity (Wildman–Crippen MR) is 155 cm³/mol. The molecule has 0 saturated heterocycles. The number of quaternary nitrogens is 1. The highest BCUT2D eigenvalue weighted by molar-refractivity contribution is 5.86. The van der Waals surface area contributed by atoms with Gasteiger partial charge in [-0.15, -0.1) is 0 Å². The van der Waals surface area contributed by atoms with E-state index >= 15 is 0 Å². The van der Waals surface area contributed by atoms with Crippen molar-refractivity contribution in [2.75, 3.05) is 47.0 Å². The van der Waals surface area contributed by atoms with Gasteiger partial charge in [0.2, 0.25) is 0 Å². The van der Waals surface area contributed by atoms with E-state index < -0.39 is 12.1 Å². The van der Waals surface area contributed by atoms with Crippen LogP contribution in [0.2, 0.25) is 0 Å². The van der Waals surface area contributed by atoms with Crippen molar-refractivity contribution in [3.05, 3.63) is 71.8 Å². The van der Waals surface area contributed by atoms with Gasteiger partial charge in [0.25, 0.3) is 0 Å². The average Bonchev–Trinajstić information content (AvgIpc) is 2.89. The van der Waals surface area contributed by atoms with Gasteiger partial charge in [0, 0.05) is 11.0 Å². The Morgan fingerprint density at radius 2 is 1.46 bits per heavy atom. The number of esters is 1. The Morgan fingerprint density at radius 3 is 1.97 bits per heavy atom. The summed E-state index contributed by atoms with van der Waals surface area (Å²) in [5.74, 6) is 1.13. The minimum absolute atomic E-state index is 0.175. The maximum absolute atomic E-state index is 11.6. The van der Waals surface area contributed by atoms with E-state index in [0.29, 0.717) is 35.5 Å². The third-order valence-electron chi connectivity index (χ3n) is 7.00. The number of carbonyl (C=O) groups excluding carboxylic acids is 1. The first-order valence-electron chi connectivity index (χ1n) is 13.8. The Morgan fingerprint density at radius 1 is 0.923 bits per heavy atom. The van der Waals surface area contributed by atoms with Gasteiger partial charge in [0.05, 0.1) is 26.8 Å². The zero-order valence-electron chi connectivity index (χ0n) is 24.6. The van der Waals surface area contributed by atoms with Gasteiger partial charge in [-0.05, 0) is 61.6 Å². The van der Waals surface area contributed by atoms with Gasteiger partial charge in [-0.2, -0.15) is 0 Å². The second-order valence-corrected chi connectivity index (χ2v) is 11.4. The number of hydrogen-bond acceptors (Lipinski definition) is 6. The molecule has 0 heterocycles. The monoisotopic (exact) mass is 542 g/mol. The van der Waals surface area contributed by atoms with Crippen molar-refractivity contribution >= 4 is 5.97 Å². The van der Waals surface area contributed by atoms with Gasteiger partial charge in [-0.25, -0.2) is 4.79 Å². The summed E-state index contributed by atoms with van der Waals surface area (Å²) in [5.41, 5.74) is 2.49. The van der Waals surface area contributed by atoms with Crippen molar-refractivity contribution in [3.63, 3.8) is 0 Å². The summed E-state index contributed by atoms with van der Waals surface area (Å²) in [6, 6.07) is 16.2. The summed E-state index contributed by atoms with van der Waals surface area (Å²) in [6.45, 7) is 13.6. The molecule has 0 radical (unpaired) electrons. The Balaban J connectivity index is 1.84. The molecule has 0 aliphatic carbocycles. The van der Waals surface area contributed by atoms with Gasteiger partial charge >= 0.3 is 5.97 Å². The van der Waals surface area contributed by atoms with Crippen LogP contribution in [0.3, 0.4) is 0 Å². The summed E-state index contributed by atoms with van der Waals surface area (Å²) in [5, 5.41) is 20.2. The van der Waals surface area contributed by atoms with Crippen molar-refractivity contribution in [1.29, 1.82) is 0 Å². The maximum Gasteiger partial charge on any atom is 0.333 e. The number of ether oxygens (including phenoxy) is 3. The molecular weight excluding hydrogens is 494 g/mol. The van der Waals surface area contributed by atoms with E-state index in [1.54, 1.807) is 6.92 Å². The number of nitrogens with zero attached hydrogens (tertiary/aromatic N) is 1. The number of rotatable bonds is 17. The second-order valence-electron chi connectivity index (χ2n) is 11.4. The molecule has 7 nitrogen and oxygen atoms in total. The lowest BCUT2D eigenvalue weighted by Gasteiger charge is -2.31. The number of likely N-dealkylation sites (N-methyl/N-ethyl adjacent to an activating group) is 1. The van der Waals surface area contributed by atoms with Gasteiger partial charge in [0.1, 0.15) is 43.9 Å². The van der Waals surface area contributed by atoms with E-state index in [0.717, 1.165) is 30.6 Å². The van der Waals surface area contributed by atoms with E-state index in [1.165, 1.54) is 5.56 Å². The normalized spacial score (nSPS) is 13.4. The van der Waals surface area contributed by atoms with Crippen LogP contribution in [0, 0.1) is 0 Å². The highest BCUT2D eigenvalue weighted by Crippen LogP contribution is 2.33. The maximum atomic E-state index is 11.6. The SMILES string of the molecule is C=C(C)C(=O)OCC[N+](C)(C)CC(O)COc1ccc(C(C)(C)c2ccc(OCCCC(O)CC)cc2)cc1. The summed E-state index contributed by atoms with van der Waals surface area (Å²) in [7, 11) is 3.96. The minimum atomic E-state index is -0.662. The molecule has 0 aliphatic rings. The molecule has 216 valence electrons. The van der Waals surface area contributed by atoms with Crippen LogP contribution in [-0.2, 0) is 14.9 Å². The largest absolute Gasteiger partial charge is 0.494 e. The van der Waals surface area contributed by atoms with Crippen molar-refractivity contribution in [2.45, 2.75) is 64.6 Å². The summed E-state index contributed by atoms with van der Waals surface area (Å²) >= 11 is 0. The molecule has 0 saturated carbocycles. The van der Waals surface area contributed by atoms with E-state index in [4.69, 9.17) is 14.2 Å². The molecule has 2 unspecified atom stereocenters. The van der Waals surface area contributed by atoms with Crippen LogP contribution in [0.15, 0.2) is 60.7 Å². The molecule has 7 heteroatoms. The lowest BCUT2D eigenvalue weighted by atomic mass is 9.78. The first-order valence-corrected chi connectivity index (χ1v) is 13.8. The molecule has 0 amide bonds. The van der Waals surface area contributed by atoms with Gasteiger partial charge in [-0.1, -0.05) is 51.6 Å². The van der Waals surface area contributed by atoms with Crippen molar-refractivity contribution in [3.8, 4) is 11.5 Å². The molecule has 0 aliphatic heterocycles. The molecule has 39 heavy (non-hydrogen) atoms. The molecular formula is C32H48NO6+. The number of aliphatic hydroxyl groups is 2. The first-order chi connectivity index (χ1) is 18.3. The fraction of sp³-hybridized carbons (Fsp3) is 0.531. The Bertz CT molecular complexity index is 1030. The first kappa shape index (κ1) is 32.3. The quantitative estimate of drug-likeness (QED) is 0.128. The van der Waals surface area contributed by atoms with E-state index in [1.807, 2.05) is 45.3 Å². The fourth-order valence-corrected chi connectivity index (χ4v) is 4.23. The highest BCUT2D eigenvalue weighted by atomic mass is 16.5. The zero-order chi connectivity index (χ0) is 29.1. The molecule has 2 aromatic rings. The zero-order valence-corrected chi connectivity index (χ0v) is 24.6. The molecule has 0 aromatic heterocycles. The Hall–Kier alpha value is -2.87. The molecule has 0 spiro atoms. The van der Waals surface area contributed by atoms with Crippen LogP contribution >= 0.6 is 0 Å². The Kier molecular flexibility index (Phi) is 12.5. The van der Waals surface area contributed by atoms with E-state index in [2.05, 4.69) is 44.7 Å². The number of hydrogen-bond donors (Lipinski definition) is 2. The van der Waals surface area contributed by atoms with Crippen LogP contribution in [0.1, 0.15) is 58.1 Å². The number of benzene rings is 2. The number of aliphatic hydroxyl groups excluding tert-OH is 2. The Labute approximate surface area is 234 Å². The smallest absolute Gasteiger partial charge is 0.333 e. The third-order valence-corrected chi connectivity index (χ3v) is 7.00. The molecule has 2 N–H and O–H groups in total. The van der Waals surface area contributed by atoms with Crippen molar-refractivity contribution in [1.82, 2.24) is 0 Å². The van der Waals surface area contributed by atoms with Gasteiger partial charge < -0.3 is 28.9 Å². The van der Waals surface area contributed by atoms with Gasteiger partial charge in [0.15, 0.2) is 0 Å². The minimum Gasteiger partial charge on any atom is -0.494 e. The third kappa shape index (κ3) is 11.0. The standard InChI is InChI=1S/C32H48NO6/c1-8-27(34)10-9-20-37-29-15-11-25(12-16-29)32(4,5)26-13-17-30(18-14-26)39-23-28(35)22-33(6,7)19-21-38-31(36)24(2)3/h11-18,27-28,34-35H,2,8-10,19-23H2,1,3-7H3/q+1. The van der Waals surface area contributed by atoms with Crippen LogP contribution in [-0.4, -0.2) is 79.9 Å². The van der Waals surface area contributed by atoms with E-state index in [9.17, 15) is 15.0 Å². The lowest BCUT2D eigenvalue weighted by Crippen LogP contribution is -2.48. The molecule has 2 aromatic carbocycles. The number of carbonyl (C=O) groups is 1. The molecule has 2 atom stereocenters. The summed E-state index contributed by atoms with van der Waals surface area (Å²) < 4.78 is 17.4. The van der Waals surface area contributed by atoms with Crippen molar-refractivity contribution in [2.24, 2.45) is 0 Å². The van der Waals surface area contributed by atoms with Crippen LogP contribution in [0.4, 0.5) is 0 Å². The van der Waals surface area contributed by atoms with Crippen LogP contribution in [0.5, 0.6) is 11.5 Å². The molecule has 0 bridgehead atoms.